The highest BCUT2D eigenvalue weighted by Gasteiger charge is 2.46. The molecule has 2 aromatic rings. The molecule has 3 rings (SSSR count). The Kier molecular flexibility index (Phi) is 7.36. The van der Waals surface area contributed by atoms with E-state index in [-0.39, 0.29) is 24.0 Å². The Bertz CT molecular complexity index is 1020. The normalized spacial score (nSPS) is 17.9. The molecule has 1 aliphatic rings. The van der Waals surface area contributed by atoms with E-state index < -0.39 is 17.7 Å². The molecule has 0 aromatic heterocycles. The molecule has 1 fully saturated rings. The van der Waals surface area contributed by atoms with Crippen LogP contribution >= 0.6 is 0 Å². The largest absolute Gasteiger partial charge is 0.507 e. The lowest BCUT2D eigenvalue weighted by atomic mass is 9.93. The van der Waals surface area contributed by atoms with Gasteiger partial charge in [-0.3, -0.25) is 9.59 Å². The molecule has 32 heavy (non-hydrogen) atoms. The van der Waals surface area contributed by atoms with Crippen LogP contribution in [0.25, 0.3) is 5.76 Å². The molecule has 1 unspecified atom stereocenters. The molecule has 1 heterocycles. The number of ether oxygens (including phenoxy) is 2. The Balaban J connectivity index is 2.15. The number of carbonyl (C=O) groups excluding carboxylic acids is 2. The highest BCUT2D eigenvalue weighted by Crippen LogP contribution is 2.41. The average Bonchev–Trinajstić information content (AvgIpc) is 3.03. The Morgan fingerprint density at radius 1 is 1.12 bits per heavy atom. The summed E-state index contributed by atoms with van der Waals surface area (Å²) in [7, 11) is 1.50. The zero-order valence-corrected chi connectivity index (χ0v) is 19.3. The van der Waals surface area contributed by atoms with Crippen molar-refractivity contribution < 1.29 is 24.2 Å². The van der Waals surface area contributed by atoms with Gasteiger partial charge in [-0.1, -0.05) is 42.8 Å². The molecular formula is C26H31NO5. The van der Waals surface area contributed by atoms with E-state index in [1.807, 2.05) is 51.1 Å². The van der Waals surface area contributed by atoms with Crippen LogP contribution in [0.1, 0.15) is 49.1 Å². The number of aliphatic hydroxyl groups excluding tert-OH is 1. The van der Waals surface area contributed by atoms with Crippen LogP contribution in [0, 0.1) is 6.92 Å². The summed E-state index contributed by atoms with van der Waals surface area (Å²) in [6.07, 6.45) is 0.883. The third kappa shape index (κ3) is 4.70. The molecule has 0 saturated carbocycles. The maximum absolute atomic E-state index is 13.1. The molecule has 6 heteroatoms. The number of Topliss-reactive ketones (excluding diaryl/α,β-unsaturated/α-hetero) is 1. The van der Waals surface area contributed by atoms with Gasteiger partial charge in [0.1, 0.15) is 11.5 Å². The number of nitrogens with zero attached hydrogens (tertiary/aromatic N) is 1. The lowest BCUT2D eigenvalue weighted by molar-refractivity contribution is -0.140. The van der Waals surface area contributed by atoms with E-state index in [0.717, 1.165) is 23.1 Å². The minimum atomic E-state index is -0.708. The number of benzene rings is 2. The first-order valence-electron chi connectivity index (χ1n) is 10.9. The predicted octanol–water partition coefficient (Wildman–Crippen LogP) is 4.41. The van der Waals surface area contributed by atoms with Gasteiger partial charge < -0.3 is 19.5 Å². The fourth-order valence-corrected chi connectivity index (χ4v) is 3.93. The van der Waals surface area contributed by atoms with Crippen LogP contribution in [0.15, 0.2) is 48.0 Å². The number of amides is 1. The Hall–Kier alpha value is -3.12. The van der Waals surface area contributed by atoms with Gasteiger partial charge in [-0.05, 0) is 50.5 Å². The van der Waals surface area contributed by atoms with Crippen molar-refractivity contribution in [3.05, 3.63) is 70.3 Å². The molecule has 1 atom stereocenters. The van der Waals surface area contributed by atoms with Crippen LogP contribution in [-0.2, 0) is 20.7 Å². The van der Waals surface area contributed by atoms with Crippen LogP contribution in [-0.4, -0.2) is 48.1 Å². The van der Waals surface area contributed by atoms with Crippen LogP contribution < -0.4 is 4.74 Å². The second-order valence-electron chi connectivity index (χ2n) is 8.21. The minimum absolute atomic E-state index is 0.00525. The topological polar surface area (TPSA) is 76.1 Å². The first-order chi connectivity index (χ1) is 15.3. The summed E-state index contributed by atoms with van der Waals surface area (Å²) < 4.78 is 11.0. The number of aliphatic hydroxyl groups is 1. The van der Waals surface area contributed by atoms with Crippen LogP contribution in [0.3, 0.4) is 0 Å². The molecule has 0 radical (unpaired) electrons. The number of aryl methyl sites for hydroxylation is 2. The first-order valence-corrected chi connectivity index (χ1v) is 10.9. The Morgan fingerprint density at radius 3 is 2.41 bits per heavy atom. The second kappa shape index (κ2) is 10.0. The van der Waals surface area contributed by atoms with Gasteiger partial charge in [-0.25, -0.2) is 0 Å². The summed E-state index contributed by atoms with van der Waals surface area (Å²) in [5.41, 5.74) is 3.26. The van der Waals surface area contributed by atoms with E-state index in [2.05, 4.69) is 6.92 Å². The van der Waals surface area contributed by atoms with Gasteiger partial charge in [-0.15, -0.1) is 0 Å². The van der Waals surface area contributed by atoms with Gasteiger partial charge in [0.25, 0.3) is 11.7 Å². The molecule has 1 aliphatic heterocycles. The van der Waals surface area contributed by atoms with Crippen LogP contribution in [0.2, 0.25) is 0 Å². The van der Waals surface area contributed by atoms with E-state index in [0.29, 0.717) is 17.9 Å². The van der Waals surface area contributed by atoms with Gasteiger partial charge in [-0.2, -0.15) is 0 Å². The van der Waals surface area contributed by atoms with E-state index in [4.69, 9.17) is 9.47 Å². The summed E-state index contributed by atoms with van der Waals surface area (Å²) in [5, 5.41) is 11.3. The molecule has 0 aliphatic carbocycles. The summed E-state index contributed by atoms with van der Waals surface area (Å²) in [5.74, 6) is -1.15. The minimum Gasteiger partial charge on any atom is -0.507 e. The van der Waals surface area contributed by atoms with E-state index in [1.165, 1.54) is 12.0 Å². The monoisotopic (exact) mass is 437 g/mol. The maximum atomic E-state index is 13.1. The standard InChI is InChI=1S/C26H31NO5/c1-6-18-8-10-19(11-9-18)23-22(24(28)20-15-17(4)7-12-21(20)31-5)25(29)26(30)27(23)13-14-32-16(2)3/h7-12,15-16,23,28H,6,13-14H2,1-5H3/b24-22+. The molecule has 1 amide bonds. The highest BCUT2D eigenvalue weighted by atomic mass is 16.5. The van der Waals surface area contributed by atoms with E-state index in [1.54, 1.807) is 12.1 Å². The third-order valence-electron chi connectivity index (χ3n) is 5.64. The van der Waals surface area contributed by atoms with Crippen molar-refractivity contribution in [3.63, 3.8) is 0 Å². The second-order valence-corrected chi connectivity index (χ2v) is 8.21. The molecule has 1 N–H and O–H groups in total. The van der Waals surface area contributed by atoms with E-state index >= 15 is 0 Å². The number of hydrogen-bond donors (Lipinski definition) is 1. The summed E-state index contributed by atoms with van der Waals surface area (Å²) in [6.45, 7) is 8.32. The molecule has 1 saturated heterocycles. The average molecular weight is 438 g/mol. The Labute approximate surface area is 189 Å². The van der Waals surface area contributed by atoms with Crippen molar-refractivity contribution >= 4 is 17.4 Å². The molecule has 6 nitrogen and oxygen atoms in total. The van der Waals surface area contributed by atoms with Crippen LogP contribution in [0.4, 0.5) is 0 Å². The predicted molar refractivity (Wildman–Crippen MR) is 124 cm³/mol. The quantitative estimate of drug-likeness (QED) is 0.376. The zero-order chi connectivity index (χ0) is 23.4. The lowest BCUT2D eigenvalue weighted by Crippen LogP contribution is -2.33. The number of rotatable bonds is 8. The number of ketones is 1. The van der Waals surface area contributed by atoms with E-state index in [9.17, 15) is 14.7 Å². The number of methoxy groups -OCH3 is 1. The molecule has 0 bridgehead atoms. The lowest BCUT2D eigenvalue weighted by Gasteiger charge is -2.26. The molecular weight excluding hydrogens is 406 g/mol. The Morgan fingerprint density at radius 2 is 1.81 bits per heavy atom. The smallest absolute Gasteiger partial charge is 0.295 e. The zero-order valence-electron chi connectivity index (χ0n) is 19.3. The number of carbonyl (C=O) groups is 2. The van der Waals surface area contributed by atoms with Gasteiger partial charge in [0, 0.05) is 6.54 Å². The van der Waals surface area contributed by atoms with Gasteiger partial charge >= 0.3 is 0 Å². The third-order valence-corrected chi connectivity index (χ3v) is 5.64. The molecule has 2 aromatic carbocycles. The molecule has 170 valence electrons. The van der Waals surface area contributed by atoms with Crippen molar-refractivity contribution in [2.24, 2.45) is 0 Å². The van der Waals surface area contributed by atoms with Gasteiger partial charge in [0.2, 0.25) is 0 Å². The molecule has 0 spiro atoms. The number of likely N-dealkylation sites (tertiary alicyclic amines) is 1. The maximum Gasteiger partial charge on any atom is 0.295 e. The van der Waals surface area contributed by atoms with Gasteiger partial charge in [0.15, 0.2) is 0 Å². The van der Waals surface area contributed by atoms with Crippen molar-refractivity contribution in [2.75, 3.05) is 20.3 Å². The fraction of sp³-hybridized carbons (Fsp3) is 0.385. The van der Waals surface area contributed by atoms with Crippen LogP contribution in [0.5, 0.6) is 5.75 Å². The highest BCUT2D eigenvalue weighted by molar-refractivity contribution is 6.46. The van der Waals surface area contributed by atoms with Crippen molar-refractivity contribution in [3.8, 4) is 5.75 Å². The number of hydrogen-bond acceptors (Lipinski definition) is 5. The summed E-state index contributed by atoms with van der Waals surface area (Å²) in [6, 6.07) is 12.4. The summed E-state index contributed by atoms with van der Waals surface area (Å²) >= 11 is 0. The van der Waals surface area contributed by atoms with Gasteiger partial charge in [0.05, 0.1) is 37.0 Å². The fourth-order valence-electron chi connectivity index (χ4n) is 3.93. The SMILES string of the molecule is CCc1ccc(C2/C(=C(\O)c3cc(C)ccc3OC)C(=O)C(=O)N2CCOC(C)C)cc1. The first kappa shape index (κ1) is 23.5. The van der Waals surface area contributed by atoms with Crippen molar-refractivity contribution in [1.29, 1.82) is 0 Å². The van der Waals surface area contributed by atoms with Crippen molar-refractivity contribution in [2.45, 2.75) is 46.3 Å². The van der Waals surface area contributed by atoms with Crippen molar-refractivity contribution in [1.82, 2.24) is 4.90 Å². The summed E-state index contributed by atoms with van der Waals surface area (Å²) in [4.78, 5) is 27.6.